The van der Waals surface area contributed by atoms with Crippen molar-refractivity contribution in [2.45, 2.75) is 12.5 Å². The summed E-state index contributed by atoms with van der Waals surface area (Å²) >= 11 is 5.94. The molecule has 1 unspecified atom stereocenters. The molecular formula is C21H22ClN3O3. The smallest absolute Gasteiger partial charge is 0.261 e. The zero-order chi connectivity index (χ0) is 20.3. The lowest BCUT2D eigenvalue weighted by molar-refractivity contribution is -0.121. The molecule has 0 bridgehead atoms. The number of hydrogen-bond acceptors (Lipinski definition) is 4. The minimum atomic E-state index is -0.347. The van der Waals surface area contributed by atoms with Gasteiger partial charge in [-0.05, 0) is 43.9 Å². The van der Waals surface area contributed by atoms with Crippen molar-refractivity contribution in [3.63, 3.8) is 0 Å². The van der Waals surface area contributed by atoms with Crippen molar-refractivity contribution in [2.24, 2.45) is 0 Å². The van der Waals surface area contributed by atoms with Crippen molar-refractivity contribution in [3.8, 4) is 0 Å². The molecule has 3 amide bonds. The van der Waals surface area contributed by atoms with Crippen LogP contribution in [0, 0.1) is 0 Å². The van der Waals surface area contributed by atoms with Gasteiger partial charge in [-0.15, -0.1) is 0 Å². The summed E-state index contributed by atoms with van der Waals surface area (Å²) in [6, 6.07) is 14.2. The number of fused-ring (bicyclic) bond motifs is 1. The van der Waals surface area contributed by atoms with Gasteiger partial charge in [-0.2, -0.15) is 0 Å². The number of benzene rings is 2. The Hall–Kier alpha value is -2.70. The SMILES string of the molecule is CN(C)C(CNC(=O)CCN1C(=O)c2ccccc2C1=O)c1ccc(Cl)cc1. The molecule has 1 atom stereocenters. The molecule has 0 aromatic heterocycles. The molecule has 2 aromatic carbocycles. The predicted molar refractivity (Wildman–Crippen MR) is 107 cm³/mol. The quantitative estimate of drug-likeness (QED) is 0.727. The molecule has 2 aromatic rings. The van der Waals surface area contributed by atoms with Crippen LogP contribution in [0.1, 0.15) is 38.7 Å². The van der Waals surface area contributed by atoms with Crippen LogP contribution in [0.25, 0.3) is 0 Å². The number of halogens is 1. The summed E-state index contributed by atoms with van der Waals surface area (Å²) in [5.41, 5.74) is 1.82. The molecular weight excluding hydrogens is 378 g/mol. The maximum atomic E-state index is 12.3. The molecule has 0 fully saturated rings. The summed E-state index contributed by atoms with van der Waals surface area (Å²) in [6.45, 7) is 0.474. The third-order valence-corrected chi connectivity index (χ3v) is 5.06. The highest BCUT2D eigenvalue weighted by atomic mass is 35.5. The van der Waals surface area contributed by atoms with Crippen LogP contribution in [-0.2, 0) is 4.79 Å². The zero-order valence-electron chi connectivity index (χ0n) is 15.8. The standard InChI is InChI=1S/C21H22ClN3O3/c1-24(2)18(14-7-9-15(22)10-8-14)13-23-19(26)11-12-25-20(27)16-5-3-4-6-17(16)21(25)28/h3-10,18H,11-13H2,1-2H3,(H,23,26). The van der Waals surface area contributed by atoms with Crippen molar-refractivity contribution in [1.82, 2.24) is 15.1 Å². The van der Waals surface area contributed by atoms with E-state index in [1.54, 1.807) is 24.3 Å². The van der Waals surface area contributed by atoms with Crippen LogP contribution in [0.3, 0.4) is 0 Å². The van der Waals surface area contributed by atoms with E-state index in [9.17, 15) is 14.4 Å². The molecule has 1 aliphatic heterocycles. The molecule has 0 radical (unpaired) electrons. The Labute approximate surface area is 169 Å². The number of rotatable bonds is 7. The van der Waals surface area contributed by atoms with Gasteiger partial charge in [0.2, 0.25) is 5.91 Å². The van der Waals surface area contributed by atoms with Gasteiger partial charge in [0.05, 0.1) is 17.2 Å². The number of carbonyl (C=O) groups is 3. The van der Waals surface area contributed by atoms with E-state index in [-0.39, 0.29) is 36.7 Å². The molecule has 0 spiro atoms. The third-order valence-electron chi connectivity index (χ3n) is 4.81. The summed E-state index contributed by atoms with van der Waals surface area (Å²) in [7, 11) is 3.87. The second-order valence-electron chi connectivity index (χ2n) is 6.89. The van der Waals surface area contributed by atoms with Crippen LogP contribution in [0.15, 0.2) is 48.5 Å². The summed E-state index contributed by atoms with van der Waals surface area (Å²) in [6.07, 6.45) is 0.0617. The Morgan fingerprint density at radius 3 is 2.14 bits per heavy atom. The van der Waals surface area contributed by atoms with Gasteiger partial charge in [-0.3, -0.25) is 19.3 Å². The first-order chi connectivity index (χ1) is 13.4. The molecule has 0 aliphatic carbocycles. The number of nitrogens with one attached hydrogen (secondary N) is 1. The van der Waals surface area contributed by atoms with Crippen molar-refractivity contribution in [1.29, 1.82) is 0 Å². The number of likely N-dealkylation sites (N-methyl/N-ethyl adjacent to an activating group) is 1. The Bertz CT molecular complexity index is 861. The van der Waals surface area contributed by atoms with Gasteiger partial charge in [-0.1, -0.05) is 35.9 Å². The molecule has 6 nitrogen and oxygen atoms in total. The maximum absolute atomic E-state index is 12.3. The fourth-order valence-corrected chi connectivity index (χ4v) is 3.36. The van der Waals surface area contributed by atoms with Crippen LogP contribution >= 0.6 is 11.6 Å². The largest absolute Gasteiger partial charge is 0.354 e. The van der Waals surface area contributed by atoms with Gasteiger partial charge in [0.15, 0.2) is 0 Å². The normalized spacial score (nSPS) is 14.4. The summed E-state index contributed by atoms with van der Waals surface area (Å²) in [4.78, 5) is 40.1. The maximum Gasteiger partial charge on any atom is 0.261 e. The van der Waals surface area contributed by atoms with Gasteiger partial charge in [0.25, 0.3) is 11.8 Å². The number of amides is 3. The number of nitrogens with zero attached hydrogens (tertiary/aromatic N) is 2. The van der Waals surface area contributed by atoms with Crippen molar-refractivity contribution < 1.29 is 14.4 Å². The van der Waals surface area contributed by atoms with Crippen molar-refractivity contribution in [2.75, 3.05) is 27.2 Å². The van der Waals surface area contributed by atoms with Gasteiger partial charge >= 0.3 is 0 Å². The minimum absolute atomic E-state index is 0.0134. The first kappa shape index (κ1) is 20.0. The van der Waals surface area contributed by atoms with E-state index in [1.165, 1.54) is 0 Å². The van der Waals surface area contributed by atoms with Gasteiger partial charge < -0.3 is 10.2 Å². The molecule has 0 saturated carbocycles. The fourth-order valence-electron chi connectivity index (χ4n) is 3.24. The van der Waals surface area contributed by atoms with E-state index in [0.717, 1.165) is 10.5 Å². The Morgan fingerprint density at radius 2 is 1.61 bits per heavy atom. The Balaban J connectivity index is 1.55. The highest BCUT2D eigenvalue weighted by Crippen LogP contribution is 2.23. The lowest BCUT2D eigenvalue weighted by atomic mass is 10.1. The first-order valence-corrected chi connectivity index (χ1v) is 9.40. The summed E-state index contributed by atoms with van der Waals surface area (Å²) < 4.78 is 0. The predicted octanol–water partition coefficient (Wildman–Crippen LogP) is 2.75. The topological polar surface area (TPSA) is 69.7 Å². The average molecular weight is 400 g/mol. The lowest BCUT2D eigenvalue weighted by Crippen LogP contribution is -2.37. The van der Waals surface area contributed by atoms with Crippen molar-refractivity contribution in [3.05, 3.63) is 70.2 Å². The van der Waals surface area contributed by atoms with Gasteiger partial charge in [0, 0.05) is 24.5 Å². The van der Waals surface area contributed by atoms with E-state index in [4.69, 9.17) is 11.6 Å². The van der Waals surface area contributed by atoms with E-state index >= 15 is 0 Å². The minimum Gasteiger partial charge on any atom is -0.354 e. The molecule has 28 heavy (non-hydrogen) atoms. The number of carbonyl (C=O) groups excluding carboxylic acids is 3. The Morgan fingerprint density at radius 1 is 1.04 bits per heavy atom. The molecule has 1 heterocycles. The van der Waals surface area contributed by atoms with E-state index in [2.05, 4.69) is 5.32 Å². The van der Waals surface area contributed by atoms with Gasteiger partial charge in [0.1, 0.15) is 0 Å². The summed E-state index contributed by atoms with van der Waals surface area (Å²) in [5, 5.41) is 3.55. The average Bonchev–Trinajstić information content (AvgIpc) is 2.92. The van der Waals surface area contributed by atoms with Gasteiger partial charge in [-0.25, -0.2) is 0 Å². The Kier molecular flexibility index (Phi) is 6.11. The second-order valence-corrected chi connectivity index (χ2v) is 7.33. The zero-order valence-corrected chi connectivity index (χ0v) is 16.6. The number of hydrogen-bond donors (Lipinski definition) is 1. The summed E-state index contributed by atoms with van der Waals surface area (Å²) in [5.74, 6) is -0.904. The van der Waals surface area contributed by atoms with Crippen LogP contribution in [0.5, 0.6) is 0 Å². The van der Waals surface area contributed by atoms with Crippen LogP contribution in [0.4, 0.5) is 0 Å². The molecule has 3 rings (SSSR count). The van der Waals surface area contributed by atoms with Crippen molar-refractivity contribution >= 4 is 29.3 Å². The van der Waals surface area contributed by atoms with E-state index < -0.39 is 0 Å². The molecule has 1 N–H and O–H groups in total. The first-order valence-electron chi connectivity index (χ1n) is 9.02. The van der Waals surface area contributed by atoms with Crippen LogP contribution in [-0.4, -0.2) is 54.7 Å². The third kappa shape index (κ3) is 4.24. The van der Waals surface area contributed by atoms with Crippen LogP contribution in [0.2, 0.25) is 5.02 Å². The highest BCUT2D eigenvalue weighted by molar-refractivity contribution is 6.30. The highest BCUT2D eigenvalue weighted by Gasteiger charge is 2.34. The number of imide groups is 1. The fraction of sp³-hybridized carbons (Fsp3) is 0.286. The lowest BCUT2D eigenvalue weighted by Gasteiger charge is -2.25. The second kappa shape index (κ2) is 8.54. The molecule has 1 aliphatic rings. The van der Waals surface area contributed by atoms with E-state index in [1.807, 2.05) is 43.3 Å². The molecule has 7 heteroatoms. The molecule has 146 valence electrons. The monoisotopic (exact) mass is 399 g/mol. The van der Waals surface area contributed by atoms with Crippen LogP contribution < -0.4 is 5.32 Å². The van der Waals surface area contributed by atoms with E-state index in [0.29, 0.717) is 22.7 Å². The molecule has 0 saturated heterocycles.